The minimum atomic E-state index is -1.22. The Morgan fingerprint density at radius 3 is 2.45 bits per heavy atom. The van der Waals surface area contributed by atoms with Crippen molar-refractivity contribution in [3.05, 3.63) is 21.0 Å². The molecule has 0 unspecified atom stereocenters. The van der Waals surface area contributed by atoms with Crippen LogP contribution in [-0.2, 0) is 9.53 Å². The molecule has 1 saturated heterocycles. The maximum absolute atomic E-state index is 12.1. The number of likely N-dealkylation sites (tertiary alicyclic amines) is 1. The highest BCUT2D eigenvalue weighted by Gasteiger charge is 2.43. The van der Waals surface area contributed by atoms with Gasteiger partial charge in [-0.15, -0.1) is 4.74 Å². The number of carbonyl (C=O) groups is 2. The number of carbonyl (C=O) groups excluding carboxylic acids is 1. The molecule has 1 aromatic heterocycles. The van der Waals surface area contributed by atoms with E-state index in [1.54, 1.807) is 20.8 Å². The molecular formula is C12H17N3O7. The molecule has 10 nitrogen and oxygen atoms in total. The van der Waals surface area contributed by atoms with Crippen molar-refractivity contribution < 1.29 is 24.0 Å². The van der Waals surface area contributed by atoms with E-state index in [1.165, 1.54) is 0 Å². The van der Waals surface area contributed by atoms with Crippen LogP contribution in [0.5, 0.6) is 0 Å². The summed E-state index contributed by atoms with van der Waals surface area (Å²) in [6.45, 7) is 4.87. The van der Waals surface area contributed by atoms with E-state index in [2.05, 4.69) is 4.52 Å². The van der Waals surface area contributed by atoms with Gasteiger partial charge in [-0.2, -0.15) is 0 Å². The van der Waals surface area contributed by atoms with Crippen molar-refractivity contribution in [2.45, 2.75) is 44.9 Å². The predicted molar refractivity (Wildman–Crippen MR) is 71.6 cm³/mol. The van der Waals surface area contributed by atoms with E-state index in [0.717, 1.165) is 9.64 Å². The van der Waals surface area contributed by atoms with Gasteiger partial charge >= 0.3 is 23.5 Å². The van der Waals surface area contributed by atoms with Crippen molar-refractivity contribution in [2.24, 2.45) is 0 Å². The molecule has 10 heteroatoms. The van der Waals surface area contributed by atoms with Crippen LogP contribution in [0.25, 0.3) is 0 Å². The zero-order valence-corrected chi connectivity index (χ0v) is 12.4. The summed E-state index contributed by atoms with van der Waals surface area (Å²) in [6, 6.07) is -1.91. The van der Waals surface area contributed by atoms with Crippen LogP contribution < -0.4 is 11.4 Å². The molecule has 0 saturated carbocycles. The molecular weight excluding hydrogens is 298 g/mol. The number of aromatic nitrogens is 2. The lowest BCUT2D eigenvalue weighted by Crippen LogP contribution is -2.43. The van der Waals surface area contributed by atoms with E-state index in [9.17, 15) is 24.3 Å². The van der Waals surface area contributed by atoms with E-state index in [4.69, 9.17) is 4.74 Å². The predicted octanol–water partition coefficient (Wildman–Crippen LogP) is -0.235. The number of hydrogen-bond donors (Lipinski definition) is 2. The molecule has 0 aromatic carbocycles. The Bertz CT molecular complexity index is 693. The number of rotatable bonds is 2. The number of nitrogens with zero attached hydrogens (tertiary/aromatic N) is 2. The smallest absolute Gasteiger partial charge is 0.440 e. The van der Waals surface area contributed by atoms with Crippen LogP contribution in [-0.4, -0.2) is 50.0 Å². The van der Waals surface area contributed by atoms with Crippen molar-refractivity contribution >= 4 is 12.1 Å². The van der Waals surface area contributed by atoms with Crippen LogP contribution in [0.2, 0.25) is 0 Å². The summed E-state index contributed by atoms with van der Waals surface area (Å²) in [5.74, 6) is -2.16. The topological polar surface area (TPSA) is 135 Å². The van der Waals surface area contributed by atoms with Gasteiger partial charge in [-0.05, 0) is 20.8 Å². The van der Waals surface area contributed by atoms with Gasteiger partial charge in [0.2, 0.25) is 0 Å². The van der Waals surface area contributed by atoms with Gasteiger partial charge in [0.1, 0.15) is 11.6 Å². The van der Waals surface area contributed by atoms with Crippen LogP contribution in [0.4, 0.5) is 4.79 Å². The van der Waals surface area contributed by atoms with Crippen LogP contribution >= 0.6 is 0 Å². The number of carboxylic acids is 1. The van der Waals surface area contributed by atoms with Crippen molar-refractivity contribution in [3.8, 4) is 0 Å². The summed E-state index contributed by atoms with van der Waals surface area (Å²) in [5.41, 5.74) is -1.57. The molecule has 2 N–H and O–H groups in total. The van der Waals surface area contributed by atoms with E-state index in [1.807, 2.05) is 4.98 Å². The zero-order valence-electron chi connectivity index (χ0n) is 12.4. The first-order valence-corrected chi connectivity index (χ1v) is 6.63. The normalized spacial score (nSPS) is 21.9. The fourth-order valence-corrected chi connectivity index (χ4v) is 2.28. The molecule has 2 rings (SSSR count). The van der Waals surface area contributed by atoms with Gasteiger partial charge in [0, 0.05) is 13.0 Å². The fraction of sp³-hybridized carbons (Fsp3) is 0.667. The second-order valence-corrected chi connectivity index (χ2v) is 6.01. The van der Waals surface area contributed by atoms with Gasteiger partial charge in [0.15, 0.2) is 0 Å². The zero-order chi connectivity index (χ0) is 16.7. The molecule has 1 amide bonds. The van der Waals surface area contributed by atoms with E-state index in [-0.39, 0.29) is 13.0 Å². The SMILES string of the molecule is CC(C)(C)OC(=O)N1C[C@@H](n2oc(=O)[nH]c2=O)C[C@H]1C(=O)O. The molecule has 122 valence electrons. The van der Waals surface area contributed by atoms with Gasteiger partial charge in [-0.1, -0.05) is 0 Å². The summed E-state index contributed by atoms with van der Waals surface area (Å²) >= 11 is 0. The van der Waals surface area contributed by atoms with E-state index in [0.29, 0.717) is 0 Å². The molecule has 1 fully saturated rings. The number of nitrogens with one attached hydrogen (secondary N) is 1. The summed E-state index contributed by atoms with van der Waals surface area (Å²) in [7, 11) is 0. The largest absolute Gasteiger partial charge is 0.480 e. The Kier molecular flexibility index (Phi) is 3.86. The second-order valence-electron chi connectivity index (χ2n) is 6.01. The lowest BCUT2D eigenvalue weighted by Gasteiger charge is -2.26. The third kappa shape index (κ3) is 3.21. The molecule has 1 aliphatic heterocycles. The first kappa shape index (κ1) is 15.9. The van der Waals surface area contributed by atoms with Crippen molar-refractivity contribution in [3.63, 3.8) is 0 Å². The van der Waals surface area contributed by atoms with Crippen molar-refractivity contribution in [1.82, 2.24) is 14.6 Å². The average Bonchev–Trinajstić information content (AvgIpc) is 2.90. The molecule has 2 atom stereocenters. The molecule has 2 heterocycles. The van der Waals surface area contributed by atoms with Gasteiger partial charge < -0.3 is 14.4 Å². The molecule has 0 radical (unpaired) electrons. The minimum Gasteiger partial charge on any atom is -0.480 e. The summed E-state index contributed by atoms with van der Waals surface area (Å²) < 4.78 is 10.6. The lowest BCUT2D eigenvalue weighted by molar-refractivity contribution is -0.142. The average molecular weight is 315 g/mol. The summed E-state index contributed by atoms with van der Waals surface area (Å²) in [6.07, 6.45) is -0.858. The number of aliphatic carboxylic acids is 1. The maximum atomic E-state index is 12.1. The van der Waals surface area contributed by atoms with E-state index >= 15 is 0 Å². The highest BCUT2D eigenvalue weighted by atomic mass is 16.6. The van der Waals surface area contributed by atoms with Gasteiger partial charge in [0.05, 0.1) is 6.04 Å². The number of aromatic amines is 1. The first-order valence-electron chi connectivity index (χ1n) is 6.63. The molecule has 22 heavy (non-hydrogen) atoms. The van der Waals surface area contributed by atoms with Crippen molar-refractivity contribution in [1.29, 1.82) is 0 Å². The van der Waals surface area contributed by atoms with Gasteiger partial charge in [-0.25, -0.2) is 24.2 Å². The number of carboxylic acid groups (broad SMARTS) is 1. The standard InChI is InChI=1S/C12H17N3O7/c1-12(2,3)21-11(20)14-5-6(4-7(14)8(16)17)15-9(18)13-10(19)22-15/h6-7H,4-5H2,1-3H3,(H,16,17)(H,13,18,19)/t6-,7-/m0/s1. The van der Waals surface area contributed by atoms with Crippen LogP contribution in [0, 0.1) is 0 Å². The van der Waals surface area contributed by atoms with Crippen molar-refractivity contribution in [2.75, 3.05) is 6.54 Å². The van der Waals surface area contributed by atoms with E-state index < -0.39 is 41.2 Å². The number of ether oxygens (including phenoxy) is 1. The fourth-order valence-electron chi connectivity index (χ4n) is 2.28. The summed E-state index contributed by atoms with van der Waals surface area (Å²) in [5, 5.41) is 9.23. The molecule has 1 aromatic rings. The highest BCUT2D eigenvalue weighted by Crippen LogP contribution is 2.28. The molecule has 1 aliphatic rings. The minimum absolute atomic E-state index is 0.0602. The Morgan fingerprint density at radius 2 is 2.00 bits per heavy atom. The quantitative estimate of drug-likeness (QED) is 0.769. The molecule has 0 aliphatic carbocycles. The second kappa shape index (κ2) is 5.35. The van der Waals surface area contributed by atoms with Gasteiger partial charge in [0.25, 0.3) is 0 Å². The third-order valence-corrected chi connectivity index (χ3v) is 3.11. The van der Waals surface area contributed by atoms with Crippen LogP contribution in [0.1, 0.15) is 33.2 Å². The van der Waals surface area contributed by atoms with Crippen LogP contribution in [0.15, 0.2) is 14.1 Å². The monoisotopic (exact) mass is 315 g/mol. The molecule has 0 spiro atoms. The lowest BCUT2D eigenvalue weighted by atomic mass is 10.2. The Labute approximate surface area is 124 Å². The third-order valence-electron chi connectivity index (χ3n) is 3.11. The van der Waals surface area contributed by atoms with Crippen LogP contribution in [0.3, 0.4) is 0 Å². The maximum Gasteiger partial charge on any atom is 0.440 e. The Morgan fingerprint density at radius 1 is 1.36 bits per heavy atom. The first-order chi connectivity index (χ1) is 10.1. The summed E-state index contributed by atoms with van der Waals surface area (Å²) in [4.78, 5) is 48.9. The highest BCUT2D eigenvalue weighted by molar-refractivity contribution is 5.81. The number of hydrogen-bond acceptors (Lipinski definition) is 6. The number of amides is 1. The Hall–Kier alpha value is -2.52. The Balaban J connectivity index is 2.25. The van der Waals surface area contributed by atoms with Gasteiger partial charge in [-0.3, -0.25) is 4.90 Å². The molecule has 0 bridgehead atoms. The number of H-pyrrole nitrogens is 1.